The quantitative estimate of drug-likeness (QED) is 0.462. The summed E-state index contributed by atoms with van der Waals surface area (Å²) >= 11 is 0. The largest absolute Gasteiger partial charge is 0.460 e. The van der Waals surface area contributed by atoms with Gasteiger partial charge in [-0.15, -0.1) is 0 Å². The number of carbonyl (C=O) groups excluding carboxylic acids is 1. The SMILES string of the molecule is C/C(F)=C\C1C(C(=O)OCc2c(F)c(F)cc(F)c2F)C1(C)C. The molecular formula is C16H15F5O2. The second kappa shape index (κ2) is 5.94. The minimum Gasteiger partial charge on any atom is -0.460 e. The second-order valence-corrected chi connectivity index (χ2v) is 6.13. The van der Waals surface area contributed by atoms with E-state index in [0.717, 1.165) is 0 Å². The van der Waals surface area contributed by atoms with Gasteiger partial charge in [-0.05, 0) is 24.3 Å². The van der Waals surface area contributed by atoms with Crippen LogP contribution in [-0.2, 0) is 16.1 Å². The first-order valence-electron chi connectivity index (χ1n) is 6.89. The first kappa shape index (κ1) is 17.4. The van der Waals surface area contributed by atoms with Crippen LogP contribution in [-0.4, -0.2) is 5.97 Å². The normalized spacial score (nSPS) is 22.9. The number of esters is 1. The maximum Gasteiger partial charge on any atom is 0.310 e. The summed E-state index contributed by atoms with van der Waals surface area (Å²) in [6, 6.07) is 0.0742. The van der Waals surface area contributed by atoms with Gasteiger partial charge in [0.05, 0.1) is 17.3 Å². The molecule has 23 heavy (non-hydrogen) atoms. The van der Waals surface area contributed by atoms with Crippen LogP contribution in [0.4, 0.5) is 22.0 Å². The number of hydrogen-bond donors (Lipinski definition) is 0. The summed E-state index contributed by atoms with van der Waals surface area (Å²) in [6.45, 7) is 3.72. The van der Waals surface area contributed by atoms with E-state index < -0.39 is 64.5 Å². The summed E-state index contributed by atoms with van der Waals surface area (Å²) in [5, 5.41) is 0. The smallest absolute Gasteiger partial charge is 0.310 e. The van der Waals surface area contributed by atoms with Gasteiger partial charge < -0.3 is 4.74 Å². The molecule has 0 heterocycles. The number of hydrogen-bond acceptors (Lipinski definition) is 2. The summed E-state index contributed by atoms with van der Waals surface area (Å²) < 4.78 is 70.8. The Labute approximate surface area is 129 Å². The zero-order valence-corrected chi connectivity index (χ0v) is 12.7. The van der Waals surface area contributed by atoms with Crippen molar-refractivity contribution in [3.8, 4) is 0 Å². The van der Waals surface area contributed by atoms with Gasteiger partial charge in [-0.2, -0.15) is 0 Å². The molecule has 0 spiro atoms. The number of ether oxygens (including phenoxy) is 1. The highest BCUT2D eigenvalue weighted by molar-refractivity contribution is 5.78. The third-order valence-electron chi connectivity index (χ3n) is 4.14. The molecule has 1 aliphatic carbocycles. The van der Waals surface area contributed by atoms with E-state index in [1.54, 1.807) is 13.8 Å². The van der Waals surface area contributed by atoms with E-state index in [-0.39, 0.29) is 6.07 Å². The molecule has 0 aromatic heterocycles. The van der Waals surface area contributed by atoms with Crippen LogP contribution in [0.2, 0.25) is 0 Å². The van der Waals surface area contributed by atoms with Crippen molar-refractivity contribution in [2.75, 3.05) is 0 Å². The molecule has 0 radical (unpaired) electrons. The lowest BCUT2D eigenvalue weighted by Crippen LogP contribution is -2.13. The van der Waals surface area contributed by atoms with Gasteiger partial charge in [0.1, 0.15) is 6.61 Å². The summed E-state index contributed by atoms with van der Waals surface area (Å²) in [7, 11) is 0. The fourth-order valence-corrected chi connectivity index (χ4v) is 2.67. The molecule has 126 valence electrons. The van der Waals surface area contributed by atoms with Crippen LogP contribution in [0, 0.1) is 40.5 Å². The predicted octanol–water partition coefficient (Wildman–Crippen LogP) is 4.43. The highest BCUT2D eigenvalue weighted by Crippen LogP contribution is 2.59. The minimum absolute atomic E-state index is 0.0742. The zero-order valence-electron chi connectivity index (χ0n) is 12.7. The topological polar surface area (TPSA) is 26.3 Å². The first-order valence-corrected chi connectivity index (χ1v) is 6.89. The molecule has 0 saturated heterocycles. The van der Waals surface area contributed by atoms with Crippen molar-refractivity contribution in [1.82, 2.24) is 0 Å². The van der Waals surface area contributed by atoms with E-state index in [9.17, 15) is 26.7 Å². The van der Waals surface area contributed by atoms with Gasteiger partial charge in [0, 0.05) is 6.07 Å². The standard InChI is InChI=1S/C16H15F5O2/c1-7(17)4-9-12(16(9,2)3)15(22)23-6-8-13(20)10(18)5-11(19)14(8)21/h4-5,9,12H,6H2,1-3H3/b7-4+. The molecule has 1 aromatic carbocycles. The van der Waals surface area contributed by atoms with Gasteiger partial charge in [-0.25, -0.2) is 22.0 Å². The van der Waals surface area contributed by atoms with Crippen LogP contribution >= 0.6 is 0 Å². The van der Waals surface area contributed by atoms with E-state index in [4.69, 9.17) is 4.74 Å². The predicted molar refractivity (Wildman–Crippen MR) is 71.7 cm³/mol. The van der Waals surface area contributed by atoms with E-state index in [1.807, 2.05) is 0 Å². The van der Waals surface area contributed by atoms with Crippen LogP contribution in [0.1, 0.15) is 26.3 Å². The Balaban J connectivity index is 2.11. The van der Waals surface area contributed by atoms with Crippen LogP contribution in [0.3, 0.4) is 0 Å². The highest BCUT2D eigenvalue weighted by Gasteiger charge is 2.61. The Morgan fingerprint density at radius 2 is 1.74 bits per heavy atom. The summed E-state index contributed by atoms with van der Waals surface area (Å²) in [5.74, 6) is -8.71. The molecule has 2 unspecified atom stereocenters. The monoisotopic (exact) mass is 334 g/mol. The maximum absolute atomic E-state index is 13.5. The lowest BCUT2D eigenvalue weighted by Gasteiger charge is -2.09. The Morgan fingerprint density at radius 1 is 1.22 bits per heavy atom. The molecule has 1 saturated carbocycles. The number of carbonyl (C=O) groups is 1. The Hall–Kier alpha value is -1.92. The van der Waals surface area contributed by atoms with Crippen molar-refractivity contribution in [3.63, 3.8) is 0 Å². The number of halogens is 5. The van der Waals surface area contributed by atoms with E-state index in [2.05, 4.69) is 0 Å². The van der Waals surface area contributed by atoms with Crippen molar-refractivity contribution in [1.29, 1.82) is 0 Å². The Bertz CT molecular complexity index is 651. The third kappa shape index (κ3) is 3.23. The number of benzene rings is 1. The lowest BCUT2D eigenvalue weighted by atomic mass is 10.1. The number of rotatable bonds is 4. The highest BCUT2D eigenvalue weighted by atomic mass is 19.2. The molecule has 0 bridgehead atoms. The van der Waals surface area contributed by atoms with Gasteiger partial charge in [0.25, 0.3) is 0 Å². The summed E-state index contributed by atoms with van der Waals surface area (Å²) in [5.41, 5.74) is -1.56. The maximum atomic E-state index is 13.5. The summed E-state index contributed by atoms with van der Waals surface area (Å²) in [6.07, 6.45) is 1.27. The van der Waals surface area contributed by atoms with Gasteiger partial charge in [-0.1, -0.05) is 13.8 Å². The Morgan fingerprint density at radius 3 is 2.22 bits per heavy atom. The van der Waals surface area contributed by atoms with Crippen LogP contribution in [0.25, 0.3) is 0 Å². The molecular weight excluding hydrogens is 319 g/mol. The molecule has 1 aromatic rings. The van der Waals surface area contributed by atoms with Crippen molar-refractivity contribution < 1.29 is 31.5 Å². The fraction of sp³-hybridized carbons (Fsp3) is 0.438. The average Bonchev–Trinajstić information content (AvgIpc) is 2.96. The molecule has 2 rings (SSSR count). The number of allylic oxidation sites excluding steroid dienone is 2. The lowest BCUT2D eigenvalue weighted by molar-refractivity contribution is -0.147. The molecule has 0 N–H and O–H groups in total. The van der Waals surface area contributed by atoms with E-state index in [1.165, 1.54) is 13.0 Å². The minimum atomic E-state index is -1.61. The molecule has 0 amide bonds. The van der Waals surface area contributed by atoms with Crippen molar-refractivity contribution in [3.05, 3.63) is 46.8 Å². The molecule has 1 fully saturated rings. The van der Waals surface area contributed by atoms with Crippen LogP contribution < -0.4 is 0 Å². The van der Waals surface area contributed by atoms with Crippen molar-refractivity contribution >= 4 is 5.97 Å². The molecule has 0 aliphatic heterocycles. The van der Waals surface area contributed by atoms with Crippen molar-refractivity contribution in [2.24, 2.45) is 17.3 Å². The van der Waals surface area contributed by atoms with Gasteiger partial charge in [0.15, 0.2) is 23.3 Å². The average molecular weight is 334 g/mol. The van der Waals surface area contributed by atoms with Crippen LogP contribution in [0.5, 0.6) is 0 Å². The molecule has 2 atom stereocenters. The van der Waals surface area contributed by atoms with E-state index >= 15 is 0 Å². The van der Waals surface area contributed by atoms with Gasteiger partial charge >= 0.3 is 5.97 Å². The zero-order chi connectivity index (χ0) is 17.5. The Kier molecular flexibility index (Phi) is 4.50. The van der Waals surface area contributed by atoms with Gasteiger partial charge in [-0.3, -0.25) is 4.79 Å². The third-order valence-corrected chi connectivity index (χ3v) is 4.14. The van der Waals surface area contributed by atoms with Crippen LogP contribution in [0.15, 0.2) is 18.0 Å². The van der Waals surface area contributed by atoms with Gasteiger partial charge in [0.2, 0.25) is 0 Å². The van der Waals surface area contributed by atoms with Crippen molar-refractivity contribution in [2.45, 2.75) is 27.4 Å². The van der Waals surface area contributed by atoms with E-state index in [0.29, 0.717) is 0 Å². The summed E-state index contributed by atoms with van der Waals surface area (Å²) in [4.78, 5) is 12.0. The second-order valence-electron chi connectivity index (χ2n) is 6.13. The molecule has 7 heteroatoms. The first-order chi connectivity index (χ1) is 10.6. The molecule has 1 aliphatic rings. The molecule has 2 nitrogen and oxygen atoms in total. The fourth-order valence-electron chi connectivity index (χ4n) is 2.67.